The summed E-state index contributed by atoms with van der Waals surface area (Å²) in [5, 5.41) is 8.62. The van der Waals surface area contributed by atoms with Gasteiger partial charge in [0.15, 0.2) is 0 Å². The third kappa shape index (κ3) is 5.44. The van der Waals surface area contributed by atoms with Crippen LogP contribution in [0.1, 0.15) is 30.8 Å². The van der Waals surface area contributed by atoms with Crippen molar-refractivity contribution in [3.05, 3.63) is 22.8 Å². The Morgan fingerprint density at radius 1 is 1.20 bits per heavy atom. The second-order valence-electron chi connectivity index (χ2n) is 4.19. The molecule has 0 spiro atoms. The van der Waals surface area contributed by atoms with Crippen LogP contribution in [0.5, 0.6) is 0 Å². The lowest BCUT2D eigenvalue weighted by molar-refractivity contribution is -0.118. The number of halogens is 1. The molecule has 6 nitrogen and oxygen atoms in total. The smallest absolute Gasteiger partial charge is 0.271 e. The molecule has 0 fully saturated rings. The highest BCUT2D eigenvalue weighted by Gasteiger charge is 2.12. The lowest BCUT2D eigenvalue weighted by atomic mass is 10.3. The number of carbonyl (C=O) groups excluding carboxylic acids is 2. The van der Waals surface area contributed by atoms with Crippen LogP contribution >= 0.6 is 11.6 Å². The Morgan fingerprint density at radius 2 is 1.90 bits per heavy atom. The summed E-state index contributed by atoms with van der Waals surface area (Å²) in [5.74, 6) is 0.116. The molecular formula is C13H19ClN4O2. The van der Waals surface area contributed by atoms with Crippen molar-refractivity contribution in [3.8, 4) is 0 Å². The molecule has 0 unspecified atom stereocenters. The van der Waals surface area contributed by atoms with Crippen LogP contribution in [0.2, 0.25) is 5.02 Å². The van der Waals surface area contributed by atoms with Crippen molar-refractivity contribution in [2.24, 2.45) is 0 Å². The Labute approximate surface area is 123 Å². The van der Waals surface area contributed by atoms with Gasteiger partial charge in [0, 0.05) is 26.6 Å². The lowest BCUT2D eigenvalue weighted by Crippen LogP contribution is -2.34. The Kier molecular flexibility index (Phi) is 6.79. The van der Waals surface area contributed by atoms with Gasteiger partial charge >= 0.3 is 0 Å². The maximum atomic E-state index is 11.9. The summed E-state index contributed by atoms with van der Waals surface area (Å²) in [5.41, 5.74) is 0.176. The molecule has 110 valence electrons. The van der Waals surface area contributed by atoms with Gasteiger partial charge < -0.3 is 16.0 Å². The first-order chi connectivity index (χ1) is 9.54. The Bertz CT molecular complexity index is 479. The van der Waals surface area contributed by atoms with Crippen molar-refractivity contribution in [2.45, 2.75) is 20.3 Å². The van der Waals surface area contributed by atoms with Gasteiger partial charge in [-0.05, 0) is 18.6 Å². The van der Waals surface area contributed by atoms with Gasteiger partial charge in [-0.2, -0.15) is 0 Å². The minimum Gasteiger partial charge on any atom is -0.370 e. The quantitative estimate of drug-likeness (QED) is 0.665. The molecule has 1 aromatic heterocycles. The van der Waals surface area contributed by atoms with Crippen LogP contribution in [0.25, 0.3) is 0 Å². The molecule has 1 rings (SSSR count). The van der Waals surface area contributed by atoms with E-state index in [1.165, 1.54) is 6.92 Å². The second kappa shape index (κ2) is 8.37. The molecule has 0 aliphatic rings. The summed E-state index contributed by atoms with van der Waals surface area (Å²) < 4.78 is 0. The second-order valence-corrected chi connectivity index (χ2v) is 4.60. The lowest BCUT2D eigenvalue weighted by Gasteiger charge is -2.09. The number of rotatable bonds is 7. The minimum atomic E-state index is -0.361. The van der Waals surface area contributed by atoms with Crippen LogP contribution in [0, 0.1) is 0 Å². The van der Waals surface area contributed by atoms with E-state index in [1.54, 1.807) is 12.1 Å². The zero-order valence-corrected chi connectivity index (χ0v) is 12.4. The van der Waals surface area contributed by atoms with Gasteiger partial charge in [-0.15, -0.1) is 0 Å². The fourth-order valence-corrected chi connectivity index (χ4v) is 1.64. The molecule has 7 heteroatoms. The summed E-state index contributed by atoms with van der Waals surface area (Å²) >= 11 is 5.97. The number of hydrogen-bond donors (Lipinski definition) is 3. The van der Waals surface area contributed by atoms with Crippen LogP contribution in [-0.4, -0.2) is 36.4 Å². The molecule has 0 aromatic carbocycles. The van der Waals surface area contributed by atoms with E-state index in [4.69, 9.17) is 11.6 Å². The van der Waals surface area contributed by atoms with E-state index in [0.29, 0.717) is 23.9 Å². The zero-order valence-electron chi connectivity index (χ0n) is 11.6. The Balaban J connectivity index is 2.59. The third-order valence-corrected chi connectivity index (χ3v) is 2.71. The minimum absolute atomic E-state index is 0.138. The normalized spacial score (nSPS) is 9.95. The number of carbonyl (C=O) groups is 2. The van der Waals surface area contributed by atoms with E-state index in [-0.39, 0.29) is 17.5 Å². The predicted octanol–water partition coefficient (Wildman–Crippen LogP) is 1.42. The average molecular weight is 299 g/mol. The van der Waals surface area contributed by atoms with Gasteiger partial charge in [0.2, 0.25) is 5.91 Å². The first-order valence-corrected chi connectivity index (χ1v) is 6.85. The number of pyridine rings is 1. The van der Waals surface area contributed by atoms with Crippen molar-refractivity contribution in [1.82, 2.24) is 15.6 Å². The Hall–Kier alpha value is -1.82. The molecule has 20 heavy (non-hydrogen) atoms. The van der Waals surface area contributed by atoms with E-state index < -0.39 is 0 Å². The van der Waals surface area contributed by atoms with Gasteiger partial charge in [0.25, 0.3) is 5.91 Å². The number of aromatic nitrogens is 1. The van der Waals surface area contributed by atoms with Gasteiger partial charge in [0.05, 0.1) is 5.02 Å². The molecule has 0 atom stereocenters. The van der Waals surface area contributed by atoms with Gasteiger partial charge in [0.1, 0.15) is 11.5 Å². The van der Waals surface area contributed by atoms with Crippen molar-refractivity contribution in [2.75, 3.05) is 25.0 Å². The summed E-state index contributed by atoms with van der Waals surface area (Å²) in [7, 11) is 0. The highest BCUT2D eigenvalue weighted by Crippen LogP contribution is 2.16. The summed E-state index contributed by atoms with van der Waals surface area (Å²) in [6, 6.07) is 3.36. The monoisotopic (exact) mass is 298 g/mol. The number of nitrogens with zero attached hydrogens (tertiary/aromatic N) is 1. The van der Waals surface area contributed by atoms with Gasteiger partial charge in [-0.25, -0.2) is 4.98 Å². The van der Waals surface area contributed by atoms with Crippen LogP contribution in [0.15, 0.2) is 12.1 Å². The van der Waals surface area contributed by atoms with E-state index in [0.717, 1.165) is 13.0 Å². The summed E-state index contributed by atoms with van der Waals surface area (Å²) in [6.07, 6.45) is 0.961. The largest absolute Gasteiger partial charge is 0.370 e. The van der Waals surface area contributed by atoms with Gasteiger partial charge in [-0.1, -0.05) is 18.5 Å². The van der Waals surface area contributed by atoms with E-state index >= 15 is 0 Å². The fraction of sp³-hybridized carbons (Fsp3) is 0.462. The summed E-state index contributed by atoms with van der Waals surface area (Å²) in [6.45, 7) is 4.93. The fourth-order valence-electron chi connectivity index (χ4n) is 1.45. The van der Waals surface area contributed by atoms with Crippen molar-refractivity contribution >= 4 is 29.2 Å². The van der Waals surface area contributed by atoms with E-state index in [9.17, 15) is 9.59 Å². The number of nitrogens with one attached hydrogen (secondary N) is 3. The van der Waals surface area contributed by atoms with Crippen molar-refractivity contribution in [3.63, 3.8) is 0 Å². The molecule has 0 saturated heterocycles. The maximum absolute atomic E-state index is 11.9. The average Bonchev–Trinajstić information content (AvgIpc) is 2.42. The SMILES string of the molecule is CCCNc1ccc(Cl)c(C(=O)NCCNC(C)=O)n1. The predicted molar refractivity (Wildman–Crippen MR) is 79.0 cm³/mol. The van der Waals surface area contributed by atoms with E-state index in [1.807, 2.05) is 6.92 Å². The molecule has 2 amide bonds. The molecular weight excluding hydrogens is 280 g/mol. The zero-order chi connectivity index (χ0) is 15.0. The molecule has 0 aliphatic carbocycles. The molecule has 0 aliphatic heterocycles. The van der Waals surface area contributed by atoms with Gasteiger partial charge in [-0.3, -0.25) is 9.59 Å². The third-order valence-electron chi connectivity index (χ3n) is 2.40. The molecule has 0 saturated carbocycles. The highest BCUT2D eigenvalue weighted by molar-refractivity contribution is 6.33. The maximum Gasteiger partial charge on any atom is 0.271 e. The molecule has 3 N–H and O–H groups in total. The first-order valence-electron chi connectivity index (χ1n) is 6.47. The first kappa shape index (κ1) is 16.2. The highest BCUT2D eigenvalue weighted by atomic mass is 35.5. The molecule has 1 heterocycles. The van der Waals surface area contributed by atoms with Crippen LogP contribution < -0.4 is 16.0 Å². The van der Waals surface area contributed by atoms with E-state index in [2.05, 4.69) is 20.9 Å². The Morgan fingerprint density at radius 3 is 2.55 bits per heavy atom. The number of hydrogen-bond acceptors (Lipinski definition) is 4. The molecule has 0 radical (unpaired) electrons. The topological polar surface area (TPSA) is 83.1 Å². The molecule has 1 aromatic rings. The number of anilines is 1. The number of amides is 2. The van der Waals surface area contributed by atoms with Crippen LogP contribution in [0.3, 0.4) is 0 Å². The summed E-state index contributed by atoms with van der Waals surface area (Å²) in [4.78, 5) is 26.8. The van der Waals surface area contributed by atoms with Crippen molar-refractivity contribution in [1.29, 1.82) is 0 Å². The van der Waals surface area contributed by atoms with Crippen molar-refractivity contribution < 1.29 is 9.59 Å². The van der Waals surface area contributed by atoms with Crippen LogP contribution in [0.4, 0.5) is 5.82 Å². The van der Waals surface area contributed by atoms with Crippen LogP contribution in [-0.2, 0) is 4.79 Å². The standard InChI is InChI=1S/C13H19ClN4O2/c1-3-6-16-11-5-4-10(14)12(18-11)13(20)17-8-7-15-9(2)19/h4-5H,3,6-8H2,1-2H3,(H,15,19)(H,16,18)(H,17,20). The molecule has 0 bridgehead atoms.